The van der Waals surface area contributed by atoms with Crippen molar-refractivity contribution in [2.45, 2.75) is 12.5 Å². The van der Waals surface area contributed by atoms with Crippen LogP contribution >= 0.6 is 22.9 Å². The fourth-order valence-electron chi connectivity index (χ4n) is 1.99. The molecule has 1 aromatic heterocycles. The summed E-state index contributed by atoms with van der Waals surface area (Å²) >= 11 is 6.93. The molecule has 0 aromatic carbocycles. The predicted molar refractivity (Wildman–Crippen MR) is 65.6 cm³/mol. The van der Waals surface area contributed by atoms with E-state index in [1.807, 2.05) is 6.07 Å². The van der Waals surface area contributed by atoms with Crippen LogP contribution in [-0.2, 0) is 9.84 Å². The summed E-state index contributed by atoms with van der Waals surface area (Å²) in [5.41, 5.74) is -1.23. The number of aliphatic hydroxyl groups excluding tert-OH is 1. The molecule has 92 valence electrons. The van der Waals surface area contributed by atoms with Gasteiger partial charge in [-0.15, -0.1) is 11.3 Å². The summed E-state index contributed by atoms with van der Waals surface area (Å²) in [6, 6.07) is 5.23. The van der Waals surface area contributed by atoms with Gasteiger partial charge in [-0.25, -0.2) is 8.42 Å². The largest absolute Gasteiger partial charge is 0.386 e. The third kappa shape index (κ3) is 2.33. The number of hydrogen-bond acceptors (Lipinski definition) is 5. The smallest absolute Gasteiger partial charge is 0.152 e. The van der Waals surface area contributed by atoms with Crippen molar-refractivity contribution >= 4 is 32.8 Å². The molecule has 1 fully saturated rings. The molecule has 1 aliphatic heterocycles. The van der Waals surface area contributed by atoms with Crippen LogP contribution in [0.3, 0.4) is 0 Å². The van der Waals surface area contributed by atoms with Crippen molar-refractivity contribution in [3.05, 3.63) is 21.3 Å². The van der Waals surface area contributed by atoms with E-state index in [-0.39, 0.29) is 17.9 Å². The fourth-order valence-corrected chi connectivity index (χ4v) is 5.12. The van der Waals surface area contributed by atoms with Crippen molar-refractivity contribution in [1.29, 1.82) is 5.26 Å². The number of halogens is 1. The maximum Gasteiger partial charge on any atom is 0.152 e. The minimum Gasteiger partial charge on any atom is -0.386 e. The first-order valence-electron chi connectivity index (χ1n) is 4.93. The van der Waals surface area contributed by atoms with Crippen molar-refractivity contribution < 1.29 is 13.5 Å². The molecule has 1 saturated heterocycles. The molecule has 2 atom stereocenters. The van der Waals surface area contributed by atoms with Gasteiger partial charge in [-0.3, -0.25) is 0 Å². The highest BCUT2D eigenvalue weighted by Gasteiger charge is 2.49. The van der Waals surface area contributed by atoms with Gasteiger partial charge in [0.2, 0.25) is 0 Å². The summed E-state index contributed by atoms with van der Waals surface area (Å²) in [4.78, 5) is 0.536. The molecule has 1 N–H and O–H groups in total. The highest BCUT2D eigenvalue weighted by Crippen LogP contribution is 2.45. The van der Waals surface area contributed by atoms with Crippen LogP contribution in [0.5, 0.6) is 0 Å². The molecule has 2 heterocycles. The molecule has 2 unspecified atom stereocenters. The second kappa shape index (κ2) is 4.25. The van der Waals surface area contributed by atoms with Gasteiger partial charge in [-0.1, -0.05) is 11.6 Å². The quantitative estimate of drug-likeness (QED) is 0.900. The zero-order valence-electron chi connectivity index (χ0n) is 8.76. The van der Waals surface area contributed by atoms with Crippen LogP contribution in [0.4, 0.5) is 0 Å². The molecule has 7 heteroatoms. The first-order valence-corrected chi connectivity index (χ1v) is 7.95. The lowest BCUT2D eigenvalue weighted by Crippen LogP contribution is -2.28. The standard InChI is InChI=1S/C10H10ClNO3S2/c11-8-2-1-7(16-8)9(13)10(5-12)3-4-17(14,15)6-10/h1-2,9,13H,3-4,6H2. The Bertz CT molecular complexity index is 575. The van der Waals surface area contributed by atoms with Crippen LogP contribution in [0.1, 0.15) is 17.4 Å². The number of sulfone groups is 1. The number of nitrogens with zero attached hydrogens (tertiary/aromatic N) is 1. The van der Waals surface area contributed by atoms with Crippen LogP contribution < -0.4 is 0 Å². The monoisotopic (exact) mass is 291 g/mol. The van der Waals surface area contributed by atoms with E-state index in [1.165, 1.54) is 11.3 Å². The summed E-state index contributed by atoms with van der Waals surface area (Å²) in [5, 5.41) is 19.4. The zero-order valence-corrected chi connectivity index (χ0v) is 11.1. The van der Waals surface area contributed by atoms with Crippen molar-refractivity contribution in [1.82, 2.24) is 0 Å². The van der Waals surface area contributed by atoms with Gasteiger partial charge in [0.25, 0.3) is 0 Å². The van der Waals surface area contributed by atoms with Gasteiger partial charge in [-0.2, -0.15) is 5.26 Å². The van der Waals surface area contributed by atoms with E-state index in [4.69, 9.17) is 11.6 Å². The van der Waals surface area contributed by atoms with Crippen molar-refractivity contribution in [2.24, 2.45) is 5.41 Å². The molecule has 0 spiro atoms. The van der Waals surface area contributed by atoms with E-state index in [0.717, 1.165) is 0 Å². The van der Waals surface area contributed by atoms with Gasteiger partial charge in [0.1, 0.15) is 11.5 Å². The Hall–Kier alpha value is -0.610. The highest BCUT2D eigenvalue weighted by atomic mass is 35.5. The Kier molecular flexibility index (Phi) is 3.21. The Balaban J connectivity index is 2.35. The molecule has 0 bridgehead atoms. The molecule has 0 aliphatic carbocycles. The molecule has 1 aliphatic rings. The number of hydrogen-bond donors (Lipinski definition) is 1. The highest BCUT2D eigenvalue weighted by molar-refractivity contribution is 7.91. The van der Waals surface area contributed by atoms with Crippen LogP contribution in [0, 0.1) is 16.7 Å². The normalized spacial score (nSPS) is 28.8. The van der Waals surface area contributed by atoms with E-state index in [9.17, 15) is 18.8 Å². The van der Waals surface area contributed by atoms with Crippen molar-refractivity contribution in [3.63, 3.8) is 0 Å². The Morgan fingerprint density at radius 1 is 1.59 bits per heavy atom. The Morgan fingerprint density at radius 3 is 2.71 bits per heavy atom. The maximum atomic E-state index is 11.5. The summed E-state index contributed by atoms with van der Waals surface area (Å²) in [6.07, 6.45) is -0.926. The number of rotatable bonds is 2. The van der Waals surface area contributed by atoms with Crippen LogP contribution in [0.2, 0.25) is 4.34 Å². The molecule has 4 nitrogen and oxygen atoms in total. The zero-order chi connectivity index (χ0) is 12.7. The van der Waals surface area contributed by atoms with Gasteiger partial charge in [0, 0.05) is 4.88 Å². The number of thiophene rings is 1. The Labute approximate surface area is 108 Å². The SMILES string of the molecule is N#CC1(C(O)c2ccc(Cl)s2)CCS(=O)(=O)C1. The fraction of sp³-hybridized carbons (Fsp3) is 0.500. The second-order valence-corrected chi connectivity index (χ2v) is 8.09. The molecule has 0 amide bonds. The van der Waals surface area contributed by atoms with Crippen LogP contribution in [0.15, 0.2) is 12.1 Å². The summed E-state index contributed by atoms with van der Waals surface area (Å²) < 4.78 is 23.4. The summed E-state index contributed by atoms with van der Waals surface area (Å²) in [6.45, 7) is 0. The maximum absolute atomic E-state index is 11.5. The summed E-state index contributed by atoms with van der Waals surface area (Å²) in [7, 11) is -3.22. The molecule has 0 saturated carbocycles. The second-order valence-electron chi connectivity index (χ2n) is 4.15. The van der Waals surface area contributed by atoms with Crippen molar-refractivity contribution in [3.8, 4) is 6.07 Å². The minimum absolute atomic E-state index is 0.0449. The topological polar surface area (TPSA) is 78.2 Å². The third-order valence-electron chi connectivity index (χ3n) is 2.95. The van der Waals surface area contributed by atoms with Crippen LogP contribution in [0.25, 0.3) is 0 Å². The average Bonchev–Trinajstić information content (AvgIpc) is 2.82. The molecular weight excluding hydrogens is 282 g/mol. The van der Waals surface area contributed by atoms with E-state index in [2.05, 4.69) is 0 Å². The van der Waals surface area contributed by atoms with E-state index < -0.39 is 21.4 Å². The van der Waals surface area contributed by atoms with Gasteiger partial charge >= 0.3 is 0 Å². The van der Waals surface area contributed by atoms with Gasteiger partial charge in [0.15, 0.2) is 9.84 Å². The first kappa shape index (κ1) is 12.8. The molecular formula is C10H10ClNO3S2. The van der Waals surface area contributed by atoms with Gasteiger partial charge in [-0.05, 0) is 18.6 Å². The molecule has 2 rings (SSSR count). The predicted octanol–water partition coefficient (Wildman–Crippen LogP) is 1.76. The lowest BCUT2D eigenvalue weighted by molar-refractivity contribution is 0.0826. The Morgan fingerprint density at radius 2 is 2.29 bits per heavy atom. The molecule has 0 radical (unpaired) electrons. The van der Waals surface area contributed by atoms with Crippen LogP contribution in [-0.4, -0.2) is 25.0 Å². The number of aliphatic hydroxyl groups is 1. The average molecular weight is 292 g/mol. The van der Waals surface area contributed by atoms with Gasteiger partial charge < -0.3 is 5.11 Å². The molecule has 17 heavy (non-hydrogen) atoms. The third-order valence-corrected chi connectivity index (χ3v) is 6.01. The van der Waals surface area contributed by atoms with Crippen molar-refractivity contribution in [2.75, 3.05) is 11.5 Å². The lowest BCUT2D eigenvalue weighted by Gasteiger charge is -2.24. The van der Waals surface area contributed by atoms with E-state index >= 15 is 0 Å². The van der Waals surface area contributed by atoms with E-state index in [1.54, 1.807) is 12.1 Å². The first-order chi connectivity index (χ1) is 7.88. The lowest BCUT2D eigenvalue weighted by atomic mass is 9.82. The number of nitriles is 1. The molecule has 1 aromatic rings. The van der Waals surface area contributed by atoms with Gasteiger partial charge in [0.05, 0.1) is 21.9 Å². The van der Waals surface area contributed by atoms with E-state index in [0.29, 0.717) is 9.21 Å². The summed E-state index contributed by atoms with van der Waals surface area (Å²) in [5.74, 6) is -0.329. The minimum atomic E-state index is -3.22.